The van der Waals surface area contributed by atoms with Crippen molar-refractivity contribution in [2.45, 2.75) is 12.8 Å². The second kappa shape index (κ2) is 4.37. The number of aliphatic carboxylic acids is 1. The number of H-pyrrole nitrogens is 1. The van der Waals surface area contributed by atoms with Crippen LogP contribution >= 0.6 is 0 Å². The highest BCUT2D eigenvalue weighted by molar-refractivity contribution is 5.75. The normalized spacial score (nSPS) is 12.4. The molecule has 1 unspecified atom stereocenters. The summed E-state index contributed by atoms with van der Waals surface area (Å²) in [5.41, 5.74) is 1.87. The van der Waals surface area contributed by atoms with Crippen LogP contribution < -0.4 is 0 Å². The molecule has 0 bridgehead atoms. The third-order valence-corrected chi connectivity index (χ3v) is 2.57. The van der Waals surface area contributed by atoms with Crippen LogP contribution in [0.4, 0.5) is 4.39 Å². The Kier molecular flexibility index (Phi) is 2.91. The standard InChI is InChI=1S/C12H11FN2O2/c1-7(12(16)17)10-6-11(15-14-10)8-2-4-9(13)5-3-8/h2-7H,1H3,(H,14,15)(H,16,17). The molecule has 1 aromatic carbocycles. The van der Waals surface area contributed by atoms with Gasteiger partial charge in [-0.2, -0.15) is 5.10 Å². The Morgan fingerprint density at radius 1 is 1.41 bits per heavy atom. The molecule has 0 aliphatic rings. The van der Waals surface area contributed by atoms with Crippen LogP contribution in [0.5, 0.6) is 0 Å². The number of nitrogens with zero attached hydrogens (tertiary/aromatic N) is 1. The van der Waals surface area contributed by atoms with E-state index in [4.69, 9.17) is 5.11 Å². The Labute approximate surface area is 97.1 Å². The van der Waals surface area contributed by atoms with Gasteiger partial charge in [0.15, 0.2) is 0 Å². The van der Waals surface area contributed by atoms with E-state index in [-0.39, 0.29) is 5.82 Å². The fourth-order valence-electron chi connectivity index (χ4n) is 1.46. The van der Waals surface area contributed by atoms with Gasteiger partial charge in [0.05, 0.1) is 11.6 Å². The highest BCUT2D eigenvalue weighted by atomic mass is 19.1. The molecular formula is C12H11FN2O2. The molecule has 0 fully saturated rings. The minimum atomic E-state index is -0.917. The Balaban J connectivity index is 2.29. The van der Waals surface area contributed by atoms with Gasteiger partial charge in [0.25, 0.3) is 0 Å². The van der Waals surface area contributed by atoms with Gasteiger partial charge in [0, 0.05) is 11.3 Å². The van der Waals surface area contributed by atoms with E-state index in [0.717, 1.165) is 5.56 Å². The summed E-state index contributed by atoms with van der Waals surface area (Å²) >= 11 is 0. The summed E-state index contributed by atoms with van der Waals surface area (Å²) in [6.45, 7) is 1.57. The van der Waals surface area contributed by atoms with Crippen molar-refractivity contribution in [2.24, 2.45) is 0 Å². The van der Waals surface area contributed by atoms with Crippen molar-refractivity contribution in [3.8, 4) is 11.3 Å². The summed E-state index contributed by atoms with van der Waals surface area (Å²) in [5.74, 6) is -1.88. The number of halogens is 1. The number of aromatic nitrogens is 2. The number of hydrogen-bond donors (Lipinski definition) is 2. The molecule has 1 heterocycles. The lowest BCUT2D eigenvalue weighted by molar-refractivity contribution is -0.138. The maximum atomic E-state index is 12.7. The number of hydrogen-bond acceptors (Lipinski definition) is 2. The summed E-state index contributed by atoms with van der Waals surface area (Å²) in [6, 6.07) is 7.53. The van der Waals surface area contributed by atoms with Crippen LogP contribution in [0, 0.1) is 5.82 Å². The number of carbonyl (C=O) groups is 1. The molecule has 0 spiro atoms. The second-order valence-corrected chi connectivity index (χ2v) is 3.78. The van der Waals surface area contributed by atoms with Crippen LogP contribution in [0.1, 0.15) is 18.5 Å². The van der Waals surface area contributed by atoms with E-state index in [9.17, 15) is 9.18 Å². The maximum absolute atomic E-state index is 12.7. The number of carboxylic acids is 1. The SMILES string of the molecule is CC(C(=O)O)c1cc(-c2ccc(F)cc2)n[nH]1. The Hall–Kier alpha value is -2.17. The first kappa shape index (κ1) is 11.3. The summed E-state index contributed by atoms with van der Waals surface area (Å²) in [4.78, 5) is 10.8. The molecule has 4 nitrogen and oxygen atoms in total. The largest absolute Gasteiger partial charge is 0.481 e. The second-order valence-electron chi connectivity index (χ2n) is 3.78. The van der Waals surface area contributed by atoms with Gasteiger partial charge in [0.1, 0.15) is 5.82 Å². The molecule has 1 aromatic heterocycles. The molecule has 0 saturated heterocycles. The van der Waals surface area contributed by atoms with Crippen LogP contribution in [0.2, 0.25) is 0 Å². The summed E-state index contributed by atoms with van der Waals surface area (Å²) in [7, 11) is 0. The molecule has 2 rings (SSSR count). The number of aromatic amines is 1. The minimum Gasteiger partial charge on any atom is -0.481 e. The van der Waals surface area contributed by atoms with Gasteiger partial charge in [-0.3, -0.25) is 9.89 Å². The van der Waals surface area contributed by atoms with Crippen molar-refractivity contribution >= 4 is 5.97 Å². The lowest BCUT2D eigenvalue weighted by Gasteiger charge is -2.00. The molecule has 0 aliphatic carbocycles. The van der Waals surface area contributed by atoms with E-state index in [1.807, 2.05) is 0 Å². The zero-order valence-corrected chi connectivity index (χ0v) is 9.14. The lowest BCUT2D eigenvalue weighted by atomic mass is 10.1. The van der Waals surface area contributed by atoms with Crippen molar-refractivity contribution in [3.63, 3.8) is 0 Å². The fraction of sp³-hybridized carbons (Fsp3) is 0.167. The van der Waals surface area contributed by atoms with Gasteiger partial charge in [-0.15, -0.1) is 0 Å². The molecule has 0 saturated carbocycles. The van der Waals surface area contributed by atoms with Crippen LogP contribution in [0.3, 0.4) is 0 Å². The van der Waals surface area contributed by atoms with Gasteiger partial charge < -0.3 is 5.11 Å². The summed E-state index contributed by atoms with van der Waals surface area (Å²) in [6.07, 6.45) is 0. The topological polar surface area (TPSA) is 66.0 Å². The molecule has 17 heavy (non-hydrogen) atoms. The third-order valence-electron chi connectivity index (χ3n) is 2.57. The molecule has 0 amide bonds. The highest BCUT2D eigenvalue weighted by Gasteiger charge is 2.16. The Bertz CT molecular complexity index is 534. The average Bonchev–Trinajstić information content (AvgIpc) is 2.78. The predicted molar refractivity (Wildman–Crippen MR) is 60.0 cm³/mol. The van der Waals surface area contributed by atoms with Gasteiger partial charge in [-0.05, 0) is 37.3 Å². The van der Waals surface area contributed by atoms with Crippen molar-refractivity contribution in [3.05, 3.63) is 41.8 Å². The lowest BCUT2D eigenvalue weighted by Crippen LogP contribution is -2.07. The Morgan fingerprint density at radius 2 is 2.06 bits per heavy atom. The van der Waals surface area contributed by atoms with Crippen LogP contribution in [-0.4, -0.2) is 21.3 Å². The monoisotopic (exact) mass is 234 g/mol. The number of nitrogens with one attached hydrogen (secondary N) is 1. The number of benzene rings is 1. The minimum absolute atomic E-state index is 0.316. The van der Waals surface area contributed by atoms with Crippen LogP contribution in [0.15, 0.2) is 30.3 Å². The van der Waals surface area contributed by atoms with E-state index in [2.05, 4.69) is 10.2 Å². The van der Waals surface area contributed by atoms with Crippen LogP contribution in [-0.2, 0) is 4.79 Å². The fourth-order valence-corrected chi connectivity index (χ4v) is 1.46. The third kappa shape index (κ3) is 2.33. The molecule has 0 aliphatic heterocycles. The summed E-state index contributed by atoms with van der Waals surface area (Å²) < 4.78 is 12.7. The molecule has 2 N–H and O–H groups in total. The van der Waals surface area contributed by atoms with Crippen molar-refractivity contribution in [1.82, 2.24) is 10.2 Å². The molecule has 5 heteroatoms. The van der Waals surface area contributed by atoms with Gasteiger partial charge in [-0.25, -0.2) is 4.39 Å². The van der Waals surface area contributed by atoms with Crippen molar-refractivity contribution in [2.75, 3.05) is 0 Å². The van der Waals surface area contributed by atoms with E-state index < -0.39 is 11.9 Å². The Morgan fingerprint density at radius 3 is 2.65 bits per heavy atom. The molecular weight excluding hydrogens is 223 g/mol. The van der Waals surface area contributed by atoms with Crippen molar-refractivity contribution in [1.29, 1.82) is 0 Å². The predicted octanol–water partition coefficient (Wildman–Crippen LogP) is 2.40. The molecule has 1 atom stereocenters. The van der Waals surface area contributed by atoms with E-state index in [1.54, 1.807) is 25.1 Å². The maximum Gasteiger partial charge on any atom is 0.312 e. The smallest absolute Gasteiger partial charge is 0.312 e. The zero-order chi connectivity index (χ0) is 12.4. The van der Waals surface area contributed by atoms with Gasteiger partial charge in [0.2, 0.25) is 0 Å². The molecule has 88 valence electrons. The van der Waals surface area contributed by atoms with Crippen molar-refractivity contribution < 1.29 is 14.3 Å². The quantitative estimate of drug-likeness (QED) is 0.857. The van der Waals surface area contributed by atoms with E-state index in [0.29, 0.717) is 11.4 Å². The molecule has 0 radical (unpaired) electrons. The summed E-state index contributed by atoms with van der Waals surface area (Å²) in [5, 5.41) is 15.5. The average molecular weight is 234 g/mol. The van der Waals surface area contributed by atoms with Gasteiger partial charge >= 0.3 is 5.97 Å². The van der Waals surface area contributed by atoms with E-state index >= 15 is 0 Å². The van der Waals surface area contributed by atoms with Gasteiger partial charge in [-0.1, -0.05) is 0 Å². The number of carboxylic acid groups (broad SMARTS) is 1. The number of rotatable bonds is 3. The van der Waals surface area contributed by atoms with Crippen LogP contribution in [0.25, 0.3) is 11.3 Å². The molecule has 2 aromatic rings. The first-order valence-corrected chi connectivity index (χ1v) is 5.12. The first-order chi connectivity index (χ1) is 8.08. The highest BCUT2D eigenvalue weighted by Crippen LogP contribution is 2.21. The zero-order valence-electron chi connectivity index (χ0n) is 9.14. The first-order valence-electron chi connectivity index (χ1n) is 5.12. The van der Waals surface area contributed by atoms with E-state index in [1.165, 1.54) is 12.1 Å².